The number of hydrogen-bond donors (Lipinski definition) is 3. The standard InChI is InChI=1S/C17H32N4O2.HI/c1-4-18-15(20-13-17(23)10-7-11-17)19-12-16(8-5-6-9-16)14(22)21(2)3;/h23H,4-13H2,1-3H3,(H2,18,19,20);1H. The van der Waals surface area contributed by atoms with Crippen molar-refractivity contribution >= 4 is 35.8 Å². The van der Waals surface area contributed by atoms with E-state index in [2.05, 4.69) is 15.6 Å². The van der Waals surface area contributed by atoms with E-state index in [1.807, 2.05) is 21.0 Å². The Morgan fingerprint density at radius 2 is 1.75 bits per heavy atom. The number of halogens is 1. The maximum absolute atomic E-state index is 12.6. The van der Waals surface area contributed by atoms with Crippen LogP contribution in [0.4, 0.5) is 0 Å². The van der Waals surface area contributed by atoms with E-state index in [-0.39, 0.29) is 35.3 Å². The predicted octanol–water partition coefficient (Wildman–Crippen LogP) is 1.72. The molecule has 1 amide bonds. The van der Waals surface area contributed by atoms with Crippen molar-refractivity contribution in [1.82, 2.24) is 15.5 Å². The lowest BCUT2D eigenvalue weighted by Gasteiger charge is -2.35. The van der Waals surface area contributed by atoms with Gasteiger partial charge in [0.15, 0.2) is 5.96 Å². The van der Waals surface area contributed by atoms with E-state index in [9.17, 15) is 9.90 Å². The van der Waals surface area contributed by atoms with Gasteiger partial charge in [0.25, 0.3) is 0 Å². The average molecular weight is 452 g/mol. The first-order valence-electron chi connectivity index (χ1n) is 8.87. The molecule has 0 aromatic rings. The lowest BCUT2D eigenvalue weighted by Crippen LogP contribution is -2.50. The van der Waals surface area contributed by atoms with Gasteiger partial charge in [-0.1, -0.05) is 12.8 Å². The van der Waals surface area contributed by atoms with Gasteiger partial charge in [-0.15, -0.1) is 24.0 Å². The van der Waals surface area contributed by atoms with Crippen LogP contribution < -0.4 is 10.6 Å². The van der Waals surface area contributed by atoms with Crippen molar-refractivity contribution in [2.75, 3.05) is 33.7 Å². The topological polar surface area (TPSA) is 77.0 Å². The van der Waals surface area contributed by atoms with E-state index in [4.69, 9.17) is 0 Å². The maximum atomic E-state index is 12.6. The molecule has 0 atom stereocenters. The minimum absolute atomic E-state index is 0. The molecule has 0 saturated heterocycles. The Bertz CT molecular complexity index is 444. The van der Waals surface area contributed by atoms with Crippen LogP contribution in [0.25, 0.3) is 0 Å². The number of amides is 1. The van der Waals surface area contributed by atoms with Crippen molar-refractivity contribution in [3.8, 4) is 0 Å². The number of carbonyl (C=O) groups is 1. The van der Waals surface area contributed by atoms with Crippen LogP contribution in [-0.4, -0.2) is 61.2 Å². The van der Waals surface area contributed by atoms with Crippen LogP contribution in [-0.2, 0) is 4.79 Å². The molecule has 0 aromatic heterocycles. The smallest absolute Gasteiger partial charge is 0.230 e. The zero-order valence-corrected chi connectivity index (χ0v) is 17.6. The first-order chi connectivity index (χ1) is 10.9. The summed E-state index contributed by atoms with van der Waals surface area (Å²) in [6, 6.07) is 0. The summed E-state index contributed by atoms with van der Waals surface area (Å²) >= 11 is 0. The molecule has 6 nitrogen and oxygen atoms in total. The normalized spacial score (nSPS) is 21.4. The third-order valence-electron chi connectivity index (χ3n) is 5.17. The molecule has 0 radical (unpaired) electrons. The fourth-order valence-electron chi connectivity index (χ4n) is 3.56. The Labute approximate surface area is 162 Å². The van der Waals surface area contributed by atoms with Gasteiger partial charge in [-0.25, -0.2) is 0 Å². The van der Waals surface area contributed by atoms with Crippen LogP contribution in [0.1, 0.15) is 51.9 Å². The van der Waals surface area contributed by atoms with Gasteiger partial charge in [0.1, 0.15) is 0 Å². The van der Waals surface area contributed by atoms with E-state index in [0.717, 1.165) is 51.5 Å². The largest absolute Gasteiger partial charge is 0.388 e. The van der Waals surface area contributed by atoms with Gasteiger partial charge in [0.2, 0.25) is 5.91 Å². The van der Waals surface area contributed by atoms with Crippen molar-refractivity contribution in [2.24, 2.45) is 10.4 Å². The number of rotatable bonds is 6. The Morgan fingerprint density at radius 3 is 2.21 bits per heavy atom. The van der Waals surface area contributed by atoms with E-state index < -0.39 is 5.60 Å². The molecular weight excluding hydrogens is 419 g/mol. The van der Waals surface area contributed by atoms with Crippen LogP contribution in [0, 0.1) is 5.41 Å². The van der Waals surface area contributed by atoms with Crippen LogP contribution in [0.3, 0.4) is 0 Å². The number of aliphatic imine (C=N–C) groups is 1. The highest BCUT2D eigenvalue weighted by atomic mass is 127. The Hall–Kier alpha value is -0.570. The van der Waals surface area contributed by atoms with E-state index in [0.29, 0.717) is 19.0 Å². The summed E-state index contributed by atoms with van der Waals surface area (Å²) in [5.74, 6) is 0.904. The Kier molecular flexibility index (Phi) is 8.25. The fourth-order valence-corrected chi connectivity index (χ4v) is 3.56. The summed E-state index contributed by atoms with van der Waals surface area (Å²) in [6.07, 6.45) is 6.82. The molecule has 0 aromatic carbocycles. The lowest BCUT2D eigenvalue weighted by molar-refractivity contribution is -0.138. The van der Waals surface area contributed by atoms with E-state index in [1.54, 1.807) is 4.90 Å². The molecule has 0 spiro atoms. The second kappa shape index (κ2) is 9.22. The number of nitrogens with zero attached hydrogens (tertiary/aromatic N) is 2. The molecule has 0 aliphatic heterocycles. The zero-order chi connectivity index (χ0) is 16.9. The van der Waals surface area contributed by atoms with Gasteiger partial charge >= 0.3 is 0 Å². The SMILES string of the molecule is CCNC(=NCC1(O)CCC1)NCC1(C(=O)N(C)C)CCCC1.I. The molecule has 24 heavy (non-hydrogen) atoms. The summed E-state index contributed by atoms with van der Waals surface area (Å²) in [5.41, 5.74) is -0.931. The summed E-state index contributed by atoms with van der Waals surface area (Å²) < 4.78 is 0. The molecule has 2 saturated carbocycles. The summed E-state index contributed by atoms with van der Waals surface area (Å²) in [5, 5.41) is 16.8. The average Bonchev–Trinajstić information content (AvgIpc) is 2.97. The molecule has 140 valence electrons. The second-order valence-corrected chi connectivity index (χ2v) is 7.31. The van der Waals surface area contributed by atoms with Gasteiger partial charge in [0.05, 0.1) is 17.6 Å². The molecule has 3 N–H and O–H groups in total. The van der Waals surface area contributed by atoms with Gasteiger partial charge in [-0.05, 0) is 39.0 Å². The second-order valence-electron chi connectivity index (χ2n) is 7.31. The van der Waals surface area contributed by atoms with Crippen molar-refractivity contribution < 1.29 is 9.90 Å². The minimum atomic E-state index is -0.618. The van der Waals surface area contributed by atoms with E-state index >= 15 is 0 Å². The summed E-state index contributed by atoms with van der Waals surface area (Å²) in [6.45, 7) is 3.82. The highest BCUT2D eigenvalue weighted by molar-refractivity contribution is 14.0. The van der Waals surface area contributed by atoms with Crippen molar-refractivity contribution in [3.63, 3.8) is 0 Å². The van der Waals surface area contributed by atoms with Crippen LogP contribution >= 0.6 is 24.0 Å². The molecule has 0 bridgehead atoms. The fraction of sp³-hybridized carbons (Fsp3) is 0.882. The highest BCUT2D eigenvalue weighted by Gasteiger charge is 2.42. The van der Waals surface area contributed by atoms with Crippen LogP contribution in [0.5, 0.6) is 0 Å². The van der Waals surface area contributed by atoms with Gasteiger partial charge in [-0.3, -0.25) is 9.79 Å². The molecule has 0 unspecified atom stereocenters. The van der Waals surface area contributed by atoms with Crippen LogP contribution in [0.2, 0.25) is 0 Å². The summed E-state index contributed by atoms with van der Waals surface area (Å²) in [7, 11) is 3.65. The van der Waals surface area contributed by atoms with Gasteiger partial charge in [0, 0.05) is 27.2 Å². The van der Waals surface area contributed by atoms with Crippen molar-refractivity contribution in [1.29, 1.82) is 0 Å². The molecule has 2 fully saturated rings. The molecule has 2 aliphatic carbocycles. The van der Waals surface area contributed by atoms with Crippen LogP contribution in [0.15, 0.2) is 4.99 Å². The number of hydrogen-bond acceptors (Lipinski definition) is 3. The third kappa shape index (κ3) is 5.21. The Morgan fingerprint density at radius 1 is 1.12 bits per heavy atom. The van der Waals surface area contributed by atoms with E-state index in [1.165, 1.54) is 0 Å². The Balaban J connectivity index is 0.00000288. The first kappa shape index (κ1) is 21.5. The molecule has 7 heteroatoms. The number of guanidine groups is 1. The number of nitrogens with one attached hydrogen (secondary N) is 2. The molecular formula is C17H33IN4O2. The highest BCUT2D eigenvalue weighted by Crippen LogP contribution is 2.39. The van der Waals surface area contributed by atoms with Gasteiger partial charge < -0.3 is 20.6 Å². The maximum Gasteiger partial charge on any atom is 0.230 e. The third-order valence-corrected chi connectivity index (χ3v) is 5.17. The van der Waals surface area contributed by atoms with Crippen molar-refractivity contribution in [3.05, 3.63) is 0 Å². The molecule has 2 rings (SSSR count). The molecule has 0 heterocycles. The number of carbonyl (C=O) groups excluding carboxylic acids is 1. The van der Waals surface area contributed by atoms with Gasteiger partial charge in [-0.2, -0.15) is 0 Å². The zero-order valence-electron chi connectivity index (χ0n) is 15.2. The minimum Gasteiger partial charge on any atom is -0.388 e. The number of aliphatic hydroxyl groups is 1. The monoisotopic (exact) mass is 452 g/mol. The quantitative estimate of drug-likeness (QED) is 0.326. The van der Waals surface area contributed by atoms with Crippen molar-refractivity contribution in [2.45, 2.75) is 57.5 Å². The lowest BCUT2D eigenvalue weighted by atomic mass is 9.80. The first-order valence-corrected chi connectivity index (χ1v) is 8.87. The predicted molar refractivity (Wildman–Crippen MR) is 108 cm³/mol. The summed E-state index contributed by atoms with van der Waals surface area (Å²) in [4.78, 5) is 18.8. The molecule has 2 aliphatic rings.